The summed E-state index contributed by atoms with van der Waals surface area (Å²) in [6, 6.07) is 8.74. The van der Waals surface area contributed by atoms with Crippen LogP contribution in [0, 0.1) is 5.92 Å². The Hall–Kier alpha value is -1.55. The maximum absolute atomic E-state index is 11.6. The number of amides is 1. The molecule has 4 heteroatoms. The molecule has 1 fully saturated rings. The SMILES string of the molecule is CCNCc1ccc(N2CCC(C(=O)NC)CC2)cc1. The van der Waals surface area contributed by atoms with Gasteiger partial charge in [0.15, 0.2) is 0 Å². The van der Waals surface area contributed by atoms with Crippen LogP contribution < -0.4 is 15.5 Å². The Morgan fingerprint density at radius 1 is 1.25 bits per heavy atom. The number of piperidine rings is 1. The second kappa shape index (κ2) is 7.29. The van der Waals surface area contributed by atoms with Crippen molar-refractivity contribution in [2.45, 2.75) is 26.3 Å². The Labute approximate surface area is 121 Å². The zero-order valence-electron chi connectivity index (χ0n) is 12.5. The molecule has 2 N–H and O–H groups in total. The Kier molecular flexibility index (Phi) is 5.41. The van der Waals surface area contributed by atoms with Gasteiger partial charge in [-0.25, -0.2) is 0 Å². The highest BCUT2D eigenvalue weighted by Crippen LogP contribution is 2.23. The number of rotatable bonds is 5. The van der Waals surface area contributed by atoms with Gasteiger partial charge in [0.25, 0.3) is 0 Å². The van der Waals surface area contributed by atoms with E-state index in [9.17, 15) is 4.79 Å². The van der Waals surface area contributed by atoms with Crippen molar-refractivity contribution in [1.82, 2.24) is 10.6 Å². The van der Waals surface area contributed by atoms with Crippen molar-refractivity contribution in [2.24, 2.45) is 5.92 Å². The normalized spacial score (nSPS) is 16.2. The molecule has 0 spiro atoms. The average molecular weight is 275 g/mol. The van der Waals surface area contributed by atoms with E-state index in [1.165, 1.54) is 11.3 Å². The summed E-state index contributed by atoms with van der Waals surface area (Å²) in [6.07, 6.45) is 1.89. The molecule has 1 aliphatic heterocycles. The molecular weight excluding hydrogens is 250 g/mol. The fraction of sp³-hybridized carbons (Fsp3) is 0.562. The molecule has 0 aromatic heterocycles. The van der Waals surface area contributed by atoms with Crippen LogP contribution in [0.4, 0.5) is 5.69 Å². The lowest BCUT2D eigenvalue weighted by Crippen LogP contribution is -2.39. The number of hydrogen-bond donors (Lipinski definition) is 2. The van der Waals surface area contributed by atoms with E-state index >= 15 is 0 Å². The van der Waals surface area contributed by atoms with Gasteiger partial charge in [-0.3, -0.25) is 4.79 Å². The number of nitrogens with one attached hydrogen (secondary N) is 2. The highest BCUT2D eigenvalue weighted by molar-refractivity contribution is 5.78. The number of nitrogens with zero attached hydrogens (tertiary/aromatic N) is 1. The summed E-state index contributed by atoms with van der Waals surface area (Å²) >= 11 is 0. The van der Waals surface area contributed by atoms with E-state index < -0.39 is 0 Å². The lowest BCUT2D eigenvalue weighted by molar-refractivity contribution is -0.125. The molecule has 0 unspecified atom stereocenters. The summed E-state index contributed by atoms with van der Waals surface area (Å²) in [5.74, 6) is 0.370. The molecular formula is C16H25N3O. The number of carbonyl (C=O) groups excluding carboxylic acids is 1. The topological polar surface area (TPSA) is 44.4 Å². The van der Waals surface area contributed by atoms with E-state index in [0.29, 0.717) is 0 Å². The Balaban J connectivity index is 1.88. The number of benzene rings is 1. The minimum Gasteiger partial charge on any atom is -0.371 e. The maximum Gasteiger partial charge on any atom is 0.222 e. The van der Waals surface area contributed by atoms with Crippen LogP contribution in [0.1, 0.15) is 25.3 Å². The zero-order chi connectivity index (χ0) is 14.4. The van der Waals surface area contributed by atoms with Gasteiger partial charge in [0.05, 0.1) is 0 Å². The van der Waals surface area contributed by atoms with Crippen LogP contribution in [0.25, 0.3) is 0 Å². The first kappa shape index (κ1) is 14.9. The first-order valence-electron chi connectivity index (χ1n) is 7.50. The third-order valence-corrected chi connectivity index (χ3v) is 3.99. The Morgan fingerprint density at radius 3 is 2.45 bits per heavy atom. The van der Waals surface area contributed by atoms with Crippen molar-refractivity contribution in [3.05, 3.63) is 29.8 Å². The van der Waals surface area contributed by atoms with Crippen LogP contribution in [0.2, 0.25) is 0 Å². The van der Waals surface area contributed by atoms with E-state index in [-0.39, 0.29) is 11.8 Å². The van der Waals surface area contributed by atoms with Gasteiger partial charge in [-0.2, -0.15) is 0 Å². The molecule has 1 aromatic carbocycles. The Bertz CT molecular complexity index is 422. The summed E-state index contributed by atoms with van der Waals surface area (Å²) in [4.78, 5) is 14.0. The van der Waals surface area contributed by atoms with Crippen LogP contribution in [-0.4, -0.2) is 32.6 Å². The van der Waals surface area contributed by atoms with Crippen molar-refractivity contribution in [2.75, 3.05) is 31.6 Å². The smallest absolute Gasteiger partial charge is 0.222 e. The number of hydrogen-bond acceptors (Lipinski definition) is 3. The minimum absolute atomic E-state index is 0.185. The lowest BCUT2D eigenvalue weighted by Gasteiger charge is -2.32. The Morgan fingerprint density at radius 2 is 1.90 bits per heavy atom. The standard InChI is InChI=1S/C16H25N3O/c1-3-18-12-13-4-6-15(7-5-13)19-10-8-14(9-11-19)16(20)17-2/h4-7,14,18H,3,8-12H2,1-2H3,(H,17,20). The maximum atomic E-state index is 11.6. The van der Waals surface area contributed by atoms with Crippen molar-refractivity contribution in [1.29, 1.82) is 0 Å². The van der Waals surface area contributed by atoms with E-state index in [4.69, 9.17) is 0 Å². The molecule has 0 aliphatic carbocycles. The van der Waals surface area contributed by atoms with E-state index in [1.807, 2.05) is 0 Å². The highest BCUT2D eigenvalue weighted by atomic mass is 16.1. The second-order valence-electron chi connectivity index (χ2n) is 5.32. The highest BCUT2D eigenvalue weighted by Gasteiger charge is 2.24. The van der Waals surface area contributed by atoms with Crippen LogP contribution in [0.3, 0.4) is 0 Å². The molecule has 0 saturated carbocycles. The van der Waals surface area contributed by atoms with Crippen molar-refractivity contribution < 1.29 is 4.79 Å². The second-order valence-corrected chi connectivity index (χ2v) is 5.32. The monoisotopic (exact) mass is 275 g/mol. The van der Waals surface area contributed by atoms with E-state index in [0.717, 1.165) is 39.0 Å². The third-order valence-electron chi connectivity index (χ3n) is 3.99. The molecule has 110 valence electrons. The van der Waals surface area contributed by atoms with Crippen molar-refractivity contribution in [3.8, 4) is 0 Å². The largest absolute Gasteiger partial charge is 0.371 e. The summed E-state index contributed by atoms with van der Waals surface area (Å²) in [7, 11) is 1.72. The number of carbonyl (C=O) groups is 1. The predicted octanol–water partition coefficient (Wildman–Crippen LogP) is 1.76. The van der Waals surface area contributed by atoms with Crippen molar-refractivity contribution in [3.63, 3.8) is 0 Å². The molecule has 4 nitrogen and oxygen atoms in total. The van der Waals surface area contributed by atoms with Crippen LogP contribution >= 0.6 is 0 Å². The van der Waals surface area contributed by atoms with Gasteiger partial charge in [-0.1, -0.05) is 19.1 Å². The molecule has 1 aromatic rings. The van der Waals surface area contributed by atoms with E-state index in [2.05, 4.69) is 46.7 Å². The minimum atomic E-state index is 0.185. The molecule has 0 atom stereocenters. The molecule has 0 radical (unpaired) electrons. The van der Waals surface area contributed by atoms with Crippen LogP contribution in [0.5, 0.6) is 0 Å². The van der Waals surface area contributed by atoms with Gasteiger partial charge < -0.3 is 15.5 Å². The summed E-state index contributed by atoms with van der Waals surface area (Å²) in [5.41, 5.74) is 2.58. The average Bonchev–Trinajstić information content (AvgIpc) is 2.53. The predicted molar refractivity (Wildman–Crippen MR) is 82.8 cm³/mol. The summed E-state index contributed by atoms with van der Waals surface area (Å²) in [6.45, 7) is 5.96. The van der Waals surface area contributed by atoms with E-state index in [1.54, 1.807) is 7.05 Å². The summed E-state index contributed by atoms with van der Waals surface area (Å²) in [5, 5.41) is 6.08. The molecule has 2 rings (SSSR count). The first-order chi connectivity index (χ1) is 9.74. The molecule has 1 heterocycles. The zero-order valence-corrected chi connectivity index (χ0v) is 12.5. The molecule has 1 aliphatic rings. The fourth-order valence-corrected chi connectivity index (χ4v) is 2.70. The van der Waals surface area contributed by atoms with Crippen LogP contribution in [0.15, 0.2) is 24.3 Å². The summed E-state index contributed by atoms with van der Waals surface area (Å²) < 4.78 is 0. The van der Waals surface area contributed by atoms with Crippen molar-refractivity contribution >= 4 is 11.6 Å². The van der Waals surface area contributed by atoms with Gasteiger partial charge in [0.1, 0.15) is 0 Å². The first-order valence-corrected chi connectivity index (χ1v) is 7.50. The van der Waals surface area contributed by atoms with Gasteiger partial charge in [-0.05, 0) is 37.1 Å². The molecule has 1 saturated heterocycles. The third kappa shape index (κ3) is 3.73. The number of anilines is 1. The fourth-order valence-electron chi connectivity index (χ4n) is 2.70. The molecule has 1 amide bonds. The van der Waals surface area contributed by atoms with Gasteiger partial charge in [0.2, 0.25) is 5.91 Å². The van der Waals surface area contributed by atoms with Gasteiger partial charge in [0, 0.05) is 38.3 Å². The molecule has 0 bridgehead atoms. The lowest BCUT2D eigenvalue weighted by atomic mass is 9.95. The molecule has 20 heavy (non-hydrogen) atoms. The van der Waals surface area contributed by atoms with Gasteiger partial charge in [-0.15, -0.1) is 0 Å². The quantitative estimate of drug-likeness (QED) is 0.860. The van der Waals surface area contributed by atoms with Crippen LogP contribution in [-0.2, 0) is 11.3 Å². The van der Waals surface area contributed by atoms with Gasteiger partial charge >= 0.3 is 0 Å².